The number of hydrogen-bond acceptors (Lipinski definition) is 7. The molecule has 2 aromatic carbocycles. The molecular weight excluding hydrogens is 498 g/mol. The number of carbonyl (C=O) groups excluding carboxylic acids is 3. The zero-order valence-electron chi connectivity index (χ0n) is 22.8. The van der Waals surface area contributed by atoms with E-state index in [1.165, 1.54) is 6.92 Å². The van der Waals surface area contributed by atoms with E-state index in [0.29, 0.717) is 31.8 Å². The van der Waals surface area contributed by atoms with Crippen molar-refractivity contribution in [1.29, 1.82) is 0 Å². The molecule has 2 unspecified atom stereocenters. The standard InChI is InChI=1S/C30H37N3O6/c1-4-37-30(36)28(32-22(3)34)19-27-18-25(33-39-27)16-21(2)14-15-31-29(35)17-23-10-12-26(13-11-23)38-20-24-8-6-5-7-9-24/h5-13,18,21,28H,4,14-17,19-20H2,1-3H3,(H,31,35)(H,32,34). The number of ether oxygens (including phenoxy) is 2. The summed E-state index contributed by atoms with van der Waals surface area (Å²) in [5, 5.41) is 9.66. The molecule has 0 aliphatic rings. The molecule has 9 nitrogen and oxygen atoms in total. The first-order valence-corrected chi connectivity index (χ1v) is 13.2. The van der Waals surface area contributed by atoms with Crippen LogP contribution in [0.2, 0.25) is 0 Å². The smallest absolute Gasteiger partial charge is 0.329 e. The third-order valence-electron chi connectivity index (χ3n) is 6.01. The Kier molecular flexibility index (Phi) is 11.6. The molecule has 0 fully saturated rings. The van der Waals surface area contributed by atoms with Gasteiger partial charge in [0.25, 0.3) is 0 Å². The zero-order valence-corrected chi connectivity index (χ0v) is 22.8. The first-order chi connectivity index (χ1) is 18.8. The maximum absolute atomic E-state index is 12.4. The van der Waals surface area contributed by atoms with E-state index < -0.39 is 12.0 Å². The van der Waals surface area contributed by atoms with Crippen molar-refractivity contribution in [3.8, 4) is 5.75 Å². The van der Waals surface area contributed by atoms with Crippen molar-refractivity contribution in [2.24, 2.45) is 5.92 Å². The van der Waals surface area contributed by atoms with E-state index >= 15 is 0 Å². The lowest BCUT2D eigenvalue weighted by Crippen LogP contribution is -2.42. The molecule has 2 amide bonds. The van der Waals surface area contributed by atoms with E-state index in [1.807, 2.05) is 54.6 Å². The van der Waals surface area contributed by atoms with Crippen LogP contribution in [0.5, 0.6) is 5.75 Å². The number of amides is 2. The monoisotopic (exact) mass is 535 g/mol. The van der Waals surface area contributed by atoms with Crippen LogP contribution in [0.1, 0.15) is 49.8 Å². The van der Waals surface area contributed by atoms with Gasteiger partial charge in [0.05, 0.1) is 18.7 Å². The van der Waals surface area contributed by atoms with Crippen LogP contribution in [0, 0.1) is 5.92 Å². The molecule has 0 aliphatic carbocycles. The first-order valence-electron chi connectivity index (χ1n) is 13.2. The van der Waals surface area contributed by atoms with Crippen LogP contribution >= 0.6 is 0 Å². The van der Waals surface area contributed by atoms with Crippen molar-refractivity contribution in [2.75, 3.05) is 13.2 Å². The van der Waals surface area contributed by atoms with Crippen molar-refractivity contribution in [3.05, 3.63) is 83.2 Å². The van der Waals surface area contributed by atoms with E-state index in [2.05, 4.69) is 22.7 Å². The summed E-state index contributed by atoms with van der Waals surface area (Å²) in [5.74, 6) is 0.635. The summed E-state index contributed by atoms with van der Waals surface area (Å²) in [6, 6.07) is 18.5. The number of benzene rings is 2. The van der Waals surface area contributed by atoms with Gasteiger partial charge in [-0.15, -0.1) is 0 Å². The van der Waals surface area contributed by atoms with Gasteiger partial charge in [0, 0.05) is 26.0 Å². The van der Waals surface area contributed by atoms with Crippen LogP contribution < -0.4 is 15.4 Å². The van der Waals surface area contributed by atoms with Gasteiger partial charge in [0.2, 0.25) is 11.8 Å². The lowest BCUT2D eigenvalue weighted by Gasteiger charge is -2.14. The number of nitrogens with zero attached hydrogens (tertiary/aromatic N) is 1. The zero-order chi connectivity index (χ0) is 28.0. The van der Waals surface area contributed by atoms with Gasteiger partial charge in [0.1, 0.15) is 24.2 Å². The molecule has 39 heavy (non-hydrogen) atoms. The molecule has 0 saturated carbocycles. The molecule has 0 aliphatic heterocycles. The van der Waals surface area contributed by atoms with Gasteiger partial charge in [0.15, 0.2) is 0 Å². The summed E-state index contributed by atoms with van der Waals surface area (Å²) in [7, 11) is 0. The minimum atomic E-state index is -0.825. The lowest BCUT2D eigenvalue weighted by molar-refractivity contribution is -0.147. The molecule has 1 aromatic heterocycles. The normalized spacial score (nSPS) is 12.3. The largest absolute Gasteiger partial charge is 0.489 e. The third kappa shape index (κ3) is 10.6. The Morgan fingerprint density at radius 2 is 1.74 bits per heavy atom. The highest BCUT2D eigenvalue weighted by atomic mass is 16.5. The Morgan fingerprint density at radius 3 is 2.44 bits per heavy atom. The fourth-order valence-corrected chi connectivity index (χ4v) is 4.04. The van der Waals surface area contributed by atoms with Gasteiger partial charge >= 0.3 is 5.97 Å². The third-order valence-corrected chi connectivity index (χ3v) is 6.01. The minimum Gasteiger partial charge on any atom is -0.489 e. The van der Waals surface area contributed by atoms with Crippen LogP contribution in [0.4, 0.5) is 0 Å². The van der Waals surface area contributed by atoms with Crippen LogP contribution in [-0.2, 0) is 45.0 Å². The highest BCUT2D eigenvalue weighted by Crippen LogP contribution is 2.16. The highest BCUT2D eigenvalue weighted by molar-refractivity contribution is 5.83. The van der Waals surface area contributed by atoms with E-state index in [4.69, 9.17) is 14.0 Å². The van der Waals surface area contributed by atoms with Crippen molar-refractivity contribution in [3.63, 3.8) is 0 Å². The second-order valence-electron chi connectivity index (χ2n) is 9.54. The second kappa shape index (κ2) is 15.3. The van der Waals surface area contributed by atoms with Crippen LogP contribution in [0.25, 0.3) is 0 Å². The van der Waals surface area contributed by atoms with Gasteiger partial charge in [-0.3, -0.25) is 9.59 Å². The van der Waals surface area contributed by atoms with E-state index in [-0.39, 0.29) is 30.8 Å². The Balaban J connectivity index is 1.37. The summed E-state index contributed by atoms with van der Waals surface area (Å²) in [4.78, 5) is 35.9. The van der Waals surface area contributed by atoms with E-state index in [1.54, 1.807) is 13.0 Å². The van der Waals surface area contributed by atoms with Gasteiger partial charge in [-0.05, 0) is 48.9 Å². The molecule has 9 heteroatoms. The maximum Gasteiger partial charge on any atom is 0.329 e. The summed E-state index contributed by atoms with van der Waals surface area (Å²) in [5.41, 5.74) is 2.77. The van der Waals surface area contributed by atoms with Crippen LogP contribution in [-0.4, -0.2) is 42.1 Å². The molecule has 3 rings (SSSR count). The summed E-state index contributed by atoms with van der Waals surface area (Å²) >= 11 is 0. The molecular formula is C30H37N3O6. The summed E-state index contributed by atoms with van der Waals surface area (Å²) in [6.45, 7) is 6.40. The second-order valence-corrected chi connectivity index (χ2v) is 9.54. The van der Waals surface area contributed by atoms with Gasteiger partial charge in [-0.2, -0.15) is 0 Å². The Morgan fingerprint density at radius 1 is 1.00 bits per heavy atom. The average molecular weight is 536 g/mol. The number of rotatable bonds is 15. The highest BCUT2D eigenvalue weighted by Gasteiger charge is 2.23. The maximum atomic E-state index is 12.4. The molecule has 2 atom stereocenters. The van der Waals surface area contributed by atoms with Crippen molar-refractivity contribution < 1.29 is 28.4 Å². The molecule has 3 aromatic rings. The number of esters is 1. The predicted octanol–water partition coefficient (Wildman–Crippen LogP) is 3.79. The SMILES string of the molecule is CCOC(=O)C(Cc1cc(CC(C)CCNC(=O)Cc2ccc(OCc3ccccc3)cc2)no1)NC(C)=O. The molecule has 0 spiro atoms. The Bertz CT molecular complexity index is 1190. The van der Waals surface area contributed by atoms with Crippen LogP contribution in [0.3, 0.4) is 0 Å². The fourth-order valence-electron chi connectivity index (χ4n) is 4.04. The Labute approximate surface area is 229 Å². The fraction of sp³-hybridized carbons (Fsp3) is 0.400. The van der Waals surface area contributed by atoms with Crippen molar-refractivity contribution >= 4 is 17.8 Å². The first kappa shape index (κ1) is 29.4. The number of nitrogens with one attached hydrogen (secondary N) is 2. The topological polar surface area (TPSA) is 120 Å². The molecule has 2 N–H and O–H groups in total. The summed E-state index contributed by atoms with van der Waals surface area (Å²) < 4.78 is 16.2. The molecule has 0 saturated heterocycles. The predicted molar refractivity (Wildman–Crippen MR) is 146 cm³/mol. The number of hydrogen-bond donors (Lipinski definition) is 2. The van der Waals surface area contributed by atoms with Gasteiger partial charge in [-0.25, -0.2) is 4.79 Å². The quantitative estimate of drug-likeness (QED) is 0.284. The van der Waals surface area contributed by atoms with Crippen molar-refractivity contribution in [1.82, 2.24) is 15.8 Å². The van der Waals surface area contributed by atoms with E-state index in [0.717, 1.165) is 29.0 Å². The van der Waals surface area contributed by atoms with Gasteiger partial charge < -0.3 is 24.6 Å². The molecule has 0 bridgehead atoms. The summed E-state index contributed by atoms with van der Waals surface area (Å²) in [6.07, 6.45) is 1.90. The van der Waals surface area contributed by atoms with Crippen LogP contribution in [0.15, 0.2) is 65.2 Å². The lowest BCUT2D eigenvalue weighted by atomic mass is 10.0. The molecule has 0 radical (unpaired) electrons. The molecule has 208 valence electrons. The number of carbonyl (C=O) groups is 3. The number of aromatic nitrogens is 1. The van der Waals surface area contributed by atoms with E-state index in [9.17, 15) is 14.4 Å². The molecule has 1 heterocycles. The van der Waals surface area contributed by atoms with Crippen molar-refractivity contribution in [2.45, 2.75) is 59.1 Å². The minimum absolute atomic E-state index is 0.0353. The average Bonchev–Trinajstić information content (AvgIpc) is 3.35. The van der Waals surface area contributed by atoms with Gasteiger partial charge in [-0.1, -0.05) is 54.5 Å². The Hall–Kier alpha value is -4.14.